The van der Waals surface area contributed by atoms with Crippen molar-refractivity contribution in [3.63, 3.8) is 0 Å². The number of nitrogens with one attached hydrogen (secondary N) is 3. The van der Waals surface area contributed by atoms with Crippen molar-refractivity contribution in [1.82, 2.24) is 30.2 Å². The van der Waals surface area contributed by atoms with Gasteiger partial charge in [0.2, 0.25) is 0 Å². The number of fused-ring (bicyclic) bond motifs is 5. The highest BCUT2D eigenvalue weighted by molar-refractivity contribution is 6.10. The summed E-state index contributed by atoms with van der Waals surface area (Å²) in [7, 11) is 0. The van der Waals surface area contributed by atoms with Crippen LogP contribution in [0.25, 0.3) is 10.9 Å². The topological polar surface area (TPSA) is 138 Å². The molecule has 5 aliphatic rings. The van der Waals surface area contributed by atoms with E-state index >= 15 is 0 Å². The van der Waals surface area contributed by atoms with Gasteiger partial charge < -0.3 is 30.5 Å². The first-order valence-electron chi connectivity index (χ1n) is 14.6. The first kappa shape index (κ1) is 26.5. The van der Waals surface area contributed by atoms with Crippen molar-refractivity contribution in [2.75, 3.05) is 31.5 Å². The second-order valence-corrected chi connectivity index (χ2v) is 11.4. The summed E-state index contributed by atoms with van der Waals surface area (Å²) in [5, 5.41) is 13.7. The maximum Gasteiger partial charge on any atom is 0.343 e. The van der Waals surface area contributed by atoms with Crippen LogP contribution in [0.3, 0.4) is 0 Å². The number of urea groups is 1. The molecule has 1 aromatic carbocycles. The Morgan fingerprint density at radius 2 is 1.55 bits per heavy atom. The van der Waals surface area contributed by atoms with Crippen LogP contribution in [0.5, 0.6) is 5.75 Å². The highest BCUT2D eigenvalue weighted by atomic mass is 16.5. The number of ether oxygens (including phenoxy) is 1. The van der Waals surface area contributed by atoms with Crippen LogP contribution in [0.2, 0.25) is 0 Å². The standard InChI is InChI=1S/C28H37N7O5/c36-17-40-23-16-20(30-27(38)29-18-5-1-2-6-18)15-22-24(26(37)34-14-13-33-11-9-21(34)10-12-33)32-35(25(22)23)28(39)31-19-7-3-4-8-19/h15-19,21H,1-14H2,(H,31,39)(H2,29,30,38). The van der Waals surface area contributed by atoms with Gasteiger partial charge in [0.25, 0.3) is 12.4 Å². The molecular weight excluding hydrogens is 514 g/mol. The van der Waals surface area contributed by atoms with Crippen molar-refractivity contribution >= 4 is 41.0 Å². The Balaban J connectivity index is 1.39. The molecule has 40 heavy (non-hydrogen) atoms. The Labute approximate surface area is 232 Å². The number of anilines is 1. The zero-order chi connectivity index (χ0) is 27.6. The molecule has 7 rings (SSSR count). The lowest BCUT2D eigenvalue weighted by atomic mass is 10.0. The summed E-state index contributed by atoms with van der Waals surface area (Å²) in [6.07, 6.45) is 9.65. The fraction of sp³-hybridized carbons (Fsp3) is 0.607. The zero-order valence-electron chi connectivity index (χ0n) is 22.7. The molecule has 0 unspecified atom stereocenters. The number of carbonyl (C=O) groups excluding carboxylic acids is 4. The average Bonchev–Trinajstić information content (AvgIpc) is 3.67. The molecule has 3 aliphatic heterocycles. The van der Waals surface area contributed by atoms with E-state index < -0.39 is 6.03 Å². The fourth-order valence-electron chi connectivity index (χ4n) is 6.75. The minimum absolute atomic E-state index is 0.0247. The number of nitrogens with zero attached hydrogens (tertiary/aromatic N) is 4. The summed E-state index contributed by atoms with van der Waals surface area (Å²) in [6.45, 7) is 3.54. The third-order valence-electron chi connectivity index (χ3n) is 8.86. The molecule has 12 heteroatoms. The van der Waals surface area contributed by atoms with Crippen LogP contribution >= 0.6 is 0 Å². The van der Waals surface area contributed by atoms with E-state index in [9.17, 15) is 19.2 Å². The van der Waals surface area contributed by atoms with Gasteiger partial charge in [-0.1, -0.05) is 25.7 Å². The molecule has 5 fully saturated rings. The Bertz CT molecular complexity index is 1290. The largest absolute Gasteiger partial charge is 0.426 e. The van der Waals surface area contributed by atoms with Crippen molar-refractivity contribution in [3.05, 3.63) is 17.8 Å². The van der Waals surface area contributed by atoms with Gasteiger partial charge in [-0.05, 0) is 44.6 Å². The Morgan fingerprint density at radius 1 is 0.875 bits per heavy atom. The van der Waals surface area contributed by atoms with E-state index in [2.05, 4.69) is 25.9 Å². The maximum absolute atomic E-state index is 14.1. The first-order valence-corrected chi connectivity index (χ1v) is 14.6. The lowest BCUT2D eigenvalue weighted by Gasteiger charge is -2.31. The molecule has 0 atom stereocenters. The van der Waals surface area contributed by atoms with Gasteiger partial charge in [0.1, 0.15) is 5.52 Å². The molecule has 2 aromatic rings. The number of rotatable bonds is 6. The molecule has 2 bridgehead atoms. The number of benzene rings is 1. The number of piperidine rings is 1. The van der Waals surface area contributed by atoms with Gasteiger partial charge in [-0.25, -0.2) is 9.59 Å². The zero-order valence-corrected chi connectivity index (χ0v) is 22.7. The number of hydrogen-bond acceptors (Lipinski definition) is 7. The van der Waals surface area contributed by atoms with Crippen molar-refractivity contribution in [3.8, 4) is 5.75 Å². The molecule has 2 saturated carbocycles. The predicted octanol–water partition coefficient (Wildman–Crippen LogP) is 3.06. The van der Waals surface area contributed by atoms with Crippen molar-refractivity contribution < 1.29 is 23.9 Å². The number of hydrogen-bond donors (Lipinski definition) is 3. The van der Waals surface area contributed by atoms with E-state index in [1.165, 1.54) is 6.07 Å². The van der Waals surface area contributed by atoms with Crippen LogP contribution in [0.15, 0.2) is 12.1 Å². The van der Waals surface area contributed by atoms with E-state index in [1.54, 1.807) is 6.07 Å². The summed E-state index contributed by atoms with van der Waals surface area (Å²) in [5.74, 6) is -0.226. The Hall–Kier alpha value is -3.67. The fourth-order valence-corrected chi connectivity index (χ4v) is 6.75. The second-order valence-electron chi connectivity index (χ2n) is 11.4. The first-order chi connectivity index (χ1) is 19.5. The van der Waals surface area contributed by atoms with E-state index in [-0.39, 0.29) is 53.5 Å². The average molecular weight is 552 g/mol. The second kappa shape index (κ2) is 11.4. The molecule has 1 aromatic heterocycles. The molecule has 2 aliphatic carbocycles. The molecule has 3 saturated heterocycles. The summed E-state index contributed by atoms with van der Waals surface area (Å²) >= 11 is 0. The van der Waals surface area contributed by atoms with Crippen LogP contribution in [0.1, 0.15) is 74.7 Å². The molecule has 214 valence electrons. The van der Waals surface area contributed by atoms with Crippen LogP contribution < -0.4 is 20.7 Å². The SMILES string of the molecule is O=COc1cc(NC(=O)NC2CCCC2)cc2c(C(=O)N3CCN4CCC3CC4)nn(C(=O)NC3CCCC3)c12. The third kappa shape index (κ3) is 5.36. The van der Waals surface area contributed by atoms with Gasteiger partial charge in [0.15, 0.2) is 11.4 Å². The smallest absolute Gasteiger partial charge is 0.343 e. The highest BCUT2D eigenvalue weighted by Crippen LogP contribution is 2.34. The summed E-state index contributed by atoms with van der Waals surface area (Å²) in [4.78, 5) is 56.0. The minimum Gasteiger partial charge on any atom is -0.426 e. The molecule has 4 amide bonds. The predicted molar refractivity (Wildman–Crippen MR) is 148 cm³/mol. The van der Waals surface area contributed by atoms with Crippen molar-refractivity contribution in [2.45, 2.75) is 82.3 Å². The number of amides is 4. The van der Waals surface area contributed by atoms with E-state index in [4.69, 9.17) is 4.74 Å². The van der Waals surface area contributed by atoms with Crippen molar-refractivity contribution in [2.24, 2.45) is 0 Å². The van der Waals surface area contributed by atoms with Gasteiger partial charge in [-0.3, -0.25) is 9.59 Å². The number of aromatic nitrogens is 2. The van der Waals surface area contributed by atoms with Gasteiger partial charge in [-0.2, -0.15) is 9.78 Å². The van der Waals surface area contributed by atoms with E-state index in [0.717, 1.165) is 88.5 Å². The lowest BCUT2D eigenvalue weighted by molar-refractivity contribution is -0.120. The van der Waals surface area contributed by atoms with E-state index in [0.29, 0.717) is 17.6 Å². The maximum atomic E-state index is 14.1. The molecule has 0 spiro atoms. The Morgan fingerprint density at radius 3 is 2.23 bits per heavy atom. The summed E-state index contributed by atoms with van der Waals surface area (Å²) in [6, 6.07) is 2.51. The normalized spacial score (nSPS) is 23.2. The third-order valence-corrected chi connectivity index (χ3v) is 8.86. The van der Waals surface area contributed by atoms with Crippen LogP contribution in [-0.2, 0) is 4.79 Å². The molecule has 0 radical (unpaired) electrons. The molecular formula is C28H37N7O5. The number of carbonyl (C=O) groups is 4. The summed E-state index contributed by atoms with van der Waals surface area (Å²) < 4.78 is 6.46. The molecule has 12 nitrogen and oxygen atoms in total. The van der Waals surface area contributed by atoms with Gasteiger partial charge in [0.05, 0.1) is 0 Å². The lowest BCUT2D eigenvalue weighted by Crippen LogP contribution is -2.42. The quantitative estimate of drug-likeness (QED) is 0.469. The molecule has 4 heterocycles. The Kier molecular flexibility index (Phi) is 7.59. The van der Waals surface area contributed by atoms with Gasteiger partial charge >= 0.3 is 12.1 Å². The summed E-state index contributed by atoms with van der Waals surface area (Å²) in [5.41, 5.74) is 0.663. The van der Waals surface area contributed by atoms with Crippen LogP contribution in [0, 0.1) is 0 Å². The highest BCUT2D eigenvalue weighted by Gasteiger charge is 2.35. The minimum atomic E-state index is -0.478. The van der Waals surface area contributed by atoms with Crippen molar-refractivity contribution in [1.29, 1.82) is 0 Å². The van der Waals surface area contributed by atoms with Gasteiger partial charge in [0, 0.05) is 61.4 Å². The van der Waals surface area contributed by atoms with Gasteiger partial charge in [-0.15, -0.1) is 0 Å². The van der Waals surface area contributed by atoms with Crippen LogP contribution in [-0.4, -0.2) is 88.3 Å². The van der Waals surface area contributed by atoms with E-state index in [1.807, 2.05) is 4.90 Å². The molecule has 3 N–H and O–H groups in total. The van der Waals surface area contributed by atoms with Crippen LogP contribution in [0.4, 0.5) is 15.3 Å². The monoisotopic (exact) mass is 551 g/mol.